The molecule has 0 spiro atoms. The van der Waals surface area contributed by atoms with E-state index in [4.69, 9.17) is 0 Å². The molecule has 0 aliphatic rings. The highest BCUT2D eigenvalue weighted by Crippen LogP contribution is 2.28. The molecule has 0 unspecified atom stereocenters. The van der Waals surface area contributed by atoms with Crippen molar-refractivity contribution in [2.24, 2.45) is 0 Å². The summed E-state index contributed by atoms with van der Waals surface area (Å²) in [6.07, 6.45) is 0. The first-order valence-corrected chi connectivity index (χ1v) is 4.26. The molecule has 1 N–H and O–H groups in total. The van der Waals surface area contributed by atoms with Gasteiger partial charge in [-0.25, -0.2) is 0 Å². The molecule has 0 fully saturated rings. The van der Waals surface area contributed by atoms with Crippen LogP contribution in [-0.4, -0.2) is 10.9 Å². The fourth-order valence-electron chi connectivity index (χ4n) is 1.50. The van der Waals surface area contributed by atoms with Crippen LogP contribution in [0.1, 0.15) is 34.0 Å². The summed E-state index contributed by atoms with van der Waals surface area (Å²) in [6, 6.07) is 1.89. The standard InChI is InChI=1S/C11H14O2/c1-6-5-7(2)11(13)10(8(6)3)9(4)12/h5,13H,1-4H3. The van der Waals surface area contributed by atoms with Crippen LogP contribution < -0.4 is 0 Å². The fourth-order valence-corrected chi connectivity index (χ4v) is 1.50. The van der Waals surface area contributed by atoms with Gasteiger partial charge in [0.05, 0.1) is 5.56 Å². The van der Waals surface area contributed by atoms with Crippen molar-refractivity contribution in [1.82, 2.24) is 0 Å². The highest BCUT2D eigenvalue weighted by Gasteiger charge is 2.13. The summed E-state index contributed by atoms with van der Waals surface area (Å²) >= 11 is 0. The molecule has 0 saturated heterocycles. The minimum Gasteiger partial charge on any atom is -0.507 e. The molecular formula is C11H14O2. The minimum atomic E-state index is -0.0817. The average molecular weight is 178 g/mol. The number of aryl methyl sites for hydroxylation is 2. The van der Waals surface area contributed by atoms with Crippen LogP contribution in [0.25, 0.3) is 0 Å². The first kappa shape index (κ1) is 9.78. The Morgan fingerprint density at radius 2 is 1.77 bits per heavy atom. The second-order valence-corrected chi connectivity index (χ2v) is 3.42. The van der Waals surface area contributed by atoms with Crippen LogP contribution in [0.2, 0.25) is 0 Å². The van der Waals surface area contributed by atoms with Crippen LogP contribution in [-0.2, 0) is 0 Å². The van der Waals surface area contributed by atoms with Crippen molar-refractivity contribution >= 4 is 5.78 Å². The summed E-state index contributed by atoms with van der Waals surface area (Å²) in [4.78, 5) is 11.2. The Bertz CT molecular complexity index is 339. The van der Waals surface area contributed by atoms with Crippen molar-refractivity contribution in [2.75, 3.05) is 0 Å². The lowest BCUT2D eigenvalue weighted by Gasteiger charge is -2.10. The molecule has 2 heteroatoms. The first-order valence-electron chi connectivity index (χ1n) is 4.26. The number of ketones is 1. The molecule has 13 heavy (non-hydrogen) atoms. The van der Waals surface area contributed by atoms with Gasteiger partial charge in [0.25, 0.3) is 0 Å². The van der Waals surface area contributed by atoms with Crippen molar-refractivity contribution in [2.45, 2.75) is 27.7 Å². The summed E-state index contributed by atoms with van der Waals surface area (Å²) < 4.78 is 0. The maximum Gasteiger partial charge on any atom is 0.163 e. The monoisotopic (exact) mass is 178 g/mol. The number of hydrogen-bond acceptors (Lipinski definition) is 2. The lowest BCUT2D eigenvalue weighted by Crippen LogP contribution is -2.00. The van der Waals surface area contributed by atoms with E-state index in [1.54, 1.807) is 6.92 Å². The second-order valence-electron chi connectivity index (χ2n) is 3.42. The van der Waals surface area contributed by atoms with Gasteiger partial charge in [0.1, 0.15) is 5.75 Å². The van der Waals surface area contributed by atoms with Gasteiger partial charge in [-0.05, 0) is 44.4 Å². The Kier molecular flexibility index (Phi) is 2.41. The van der Waals surface area contributed by atoms with Gasteiger partial charge >= 0.3 is 0 Å². The van der Waals surface area contributed by atoms with E-state index in [-0.39, 0.29) is 11.5 Å². The number of aromatic hydroxyl groups is 1. The lowest BCUT2D eigenvalue weighted by atomic mass is 9.96. The van der Waals surface area contributed by atoms with E-state index in [0.29, 0.717) is 5.56 Å². The smallest absolute Gasteiger partial charge is 0.163 e. The Morgan fingerprint density at radius 3 is 2.23 bits per heavy atom. The molecule has 0 saturated carbocycles. The number of carbonyl (C=O) groups excluding carboxylic acids is 1. The van der Waals surface area contributed by atoms with Gasteiger partial charge in [0, 0.05) is 0 Å². The molecule has 0 heterocycles. The molecule has 0 radical (unpaired) electrons. The maximum atomic E-state index is 11.2. The van der Waals surface area contributed by atoms with E-state index < -0.39 is 0 Å². The molecule has 0 bridgehead atoms. The van der Waals surface area contributed by atoms with Crippen LogP contribution in [0, 0.1) is 20.8 Å². The molecule has 70 valence electrons. The molecule has 1 aromatic carbocycles. The van der Waals surface area contributed by atoms with E-state index >= 15 is 0 Å². The van der Waals surface area contributed by atoms with Crippen LogP contribution >= 0.6 is 0 Å². The maximum absolute atomic E-state index is 11.2. The minimum absolute atomic E-state index is 0.0817. The van der Waals surface area contributed by atoms with Gasteiger partial charge < -0.3 is 5.11 Å². The highest BCUT2D eigenvalue weighted by atomic mass is 16.3. The van der Waals surface area contributed by atoms with Crippen LogP contribution in [0.3, 0.4) is 0 Å². The van der Waals surface area contributed by atoms with Crippen LogP contribution in [0.4, 0.5) is 0 Å². The summed E-state index contributed by atoms with van der Waals surface area (Å²) in [5.41, 5.74) is 3.13. The summed E-state index contributed by atoms with van der Waals surface area (Å²) in [7, 11) is 0. The van der Waals surface area contributed by atoms with Gasteiger partial charge in [-0.1, -0.05) is 6.07 Å². The third kappa shape index (κ3) is 1.57. The zero-order chi connectivity index (χ0) is 10.2. The van der Waals surface area contributed by atoms with Crippen molar-refractivity contribution < 1.29 is 9.90 Å². The Balaban J connectivity index is 3.56. The van der Waals surface area contributed by atoms with E-state index in [9.17, 15) is 9.90 Å². The van der Waals surface area contributed by atoms with E-state index in [0.717, 1.165) is 16.7 Å². The van der Waals surface area contributed by atoms with Crippen molar-refractivity contribution in [3.05, 3.63) is 28.3 Å². The SMILES string of the molecule is CC(=O)c1c(C)c(C)cc(C)c1O. The molecule has 0 atom stereocenters. The van der Waals surface area contributed by atoms with Gasteiger partial charge in [-0.3, -0.25) is 4.79 Å². The Hall–Kier alpha value is -1.31. The van der Waals surface area contributed by atoms with Gasteiger partial charge in [0.2, 0.25) is 0 Å². The molecule has 0 aromatic heterocycles. The van der Waals surface area contributed by atoms with Crippen molar-refractivity contribution in [3.63, 3.8) is 0 Å². The van der Waals surface area contributed by atoms with Crippen molar-refractivity contribution in [1.29, 1.82) is 0 Å². The Morgan fingerprint density at radius 1 is 1.23 bits per heavy atom. The zero-order valence-corrected chi connectivity index (χ0v) is 8.43. The van der Waals surface area contributed by atoms with Crippen molar-refractivity contribution in [3.8, 4) is 5.75 Å². The first-order chi connectivity index (χ1) is 5.95. The quantitative estimate of drug-likeness (QED) is 0.671. The third-order valence-corrected chi connectivity index (χ3v) is 2.36. The number of Topliss-reactive ketones (excluding diaryl/α,β-unsaturated/α-hetero) is 1. The van der Waals surface area contributed by atoms with E-state index in [1.807, 2.05) is 19.9 Å². The number of benzene rings is 1. The second kappa shape index (κ2) is 3.21. The third-order valence-electron chi connectivity index (χ3n) is 2.36. The topological polar surface area (TPSA) is 37.3 Å². The van der Waals surface area contributed by atoms with Gasteiger partial charge in [0.15, 0.2) is 5.78 Å². The van der Waals surface area contributed by atoms with Gasteiger partial charge in [-0.2, -0.15) is 0 Å². The largest absolute Gasteiger partial charge is 0.507 e. The number of hydrogen-bond donors (Lipinski definition) is 1. The summed E-state index contributed by atoms with van der Waals surface area (Å²) in [6.45, 7) is 7.06. The summed E-state index contributed by atoms with van der Waals surface area (Å²) in [5, 5.41) is 9.65. The molecule has 1 rings (SSSR count). The Labute approximate surface area is 78.2 Å². The number of carbonyl (C=O) groups is 1. The molecular weight excluding hydrogens is 164 g/mol. The average Bonchev–Trinajstić information content (AvgIpc) is 2.01. The number of rotatable bonds is 1. The predicted octanol–water partition coefficient (Wildman–Crippen LogP) is 2.52. The molecule has 1 aromatic rings. The molecule has 0 aliphatic carbocycles. The number of phenols is 1. The normalized spacial score (nSPS) is 10.2. The van der Waals surface area contributed by atoms with Gasteiger partial charge in [-0.15, -0.1) is 0 Å². The lowest BCUT2D eigenvalue weighted by molar-refractivity contribution is 0.101. The molecule has 2 nitrogen and oxygen atoms in total. The van der Waals surface area contributed by atoms with Crippen LogP contribution in [0.5, 0.6) is 5.75 Å². The molecule has 0 aliphatic heterocycles. The number of phenolic OH excluding ortho intramolecular Hbond substituents is 1. The predicted molar refractivity (Wildman–Crippen MR) is 52.3 cm³/mol. The zero-order valence-electron chi connectivity index (χ0n) is 8.43. The summed E-state index contributed by atoms with van der Waals surface area (Å²) in [5.74, 6) is 0.0393. The van der Waals surface area contributed by atoms with E-state index in [1.165, 1.54) is 6.92 Å². The van der Waals surface area contributed by atoms with E-state index in [2.05, 4.69) is 0 Å². The van der Waals surface area contributed by atoms with Crippen LogP contribution in [0.15, 0.2) is 6.07 Å². The highest BCUT2D eigenvalue weighted by molar-refractivity contribution is 5.98. The molecule has 0 amide bonds. The fraction of sp³-hybridized carbons (Fsp3) is 0.364.